The van der Waals surface area contributed by atoms with E-state index in [9.17, 15) is 13.2 Å². The van der Waals surface area contributed by atoms with Gasteiger partial charge in [0.1, 0.15) is 16.8 Å². The fourth-order valence-corrected chi connectivity index (χ4v) is 2.17. The van der Waals surface area contributed by atoms with Crippen LogP contribution in [-0.4, -0.2) is 9.97 Å². The molecule has 0 saturated carbocycles. The molecule has 0 saturated heterocycles. The molecule has 3 nitrogen and oxygen atoms in total. The van der Waals surface area contributed by atoms with Crippen LogP contribution < -0.4 is 5.32 Å². The van der Waals surface area contributed by atoms with Gasteiger partial charge in [-0.3, -0.25) is 0 Å². The van der Waals surface area contributed by atoms with E-state index in [-0.39, 0.29) is 10.8 Å². The highest BCUT2D eigenvalue weighted by Crippen LogP contribution is 2.35. The van der Waals surface area contributed by atoms with E-state index >= 15 is 0 Å². The molecule has 0 unspecified atom stereocenters. The minimum atomic E-state index is -4.41. The number of benzene rings is 1. The van der Waals surface area contributed by atoms with Crippen molar-refractivity contribution < 1.29 is 13.2 Å². The molecule has 0 amide bonds. The molecule has 112 valence electrons. The molecule has 0 radical (unpaired) electrons. The summed E-state index contributed by atoms with van der Waals surface area (Å²) < 4.78 is 38.7. The molecule has 2 aromatic rings. The molecule has 2 rings (SSSR count). The van der Waals surface area contributed by atoms with E-state index in [0.717, 1.165) is 12.1 Å². The van der Waals surface area contributed by atoms with Crippen molar-refractivity contribution in [2.75, 3.05) is 5.32 Å². The zero-order valence-corrected chi connectivity index (χ0v) is 13.1. The zero-order chi connectivity index (χ0) is 15.6. The zero-order valence-electron chi connectivity index (χ0n) is 10.8. The number of anilines is 2. The van der Waals surface area contributed by atoms with Crippen molar-refractivity contribution in [3.05, 3.63) is 45.3 Å². The van der Waals surface area contributed by atoms with E-state index in [1.165, 1.54) is 12.1 Å². The molecule has 0 atom stereocenters. The number of rotatable bonds is 3. The Bertz CT molecular complexity index is 662. The van der Waals surface area contributed by atoms with Crippen LogP contribution in [0.4, 0.5) is 24.7 Å². The van der Waals surface area contributed by atoms with Crippen LogP contribution >= 0.6 is 27.5 Å². The summed E-state index contributed by atoms with van der Waals surface area (Å²) >= 11 is 9.06. The highest BCUT2D eigenvalue weighted by molar-refractivity contribution is 9.10. The summed E-state index contributed by atoms with van der Waals surface area (Å²) in [6.45, 7) is 1.86. The Morgan fingerprint density at radius 2 is 1.95 bits per heavy atom. The third-order valence-corrected chi connectivity index (χ3v) is 3.50. The Kier molecular flexibility index (Phi) is 4.73. The van der Waals surface area contributed by atoms with Crippen LogP contribution in [0.5, 0.6) is 0 Å². The van der Waals surface area contributed by atoms with Crippen molar-refractivity contribution in [2.24, 2.45) is 0 Å². The molecule has 0 spiro atoms. The Morgan fingerprint density at radius 1 is 1.24 bits per heavy atom. The monoisotopic (exact) mass is 379 g/mol. The molecular weight excluding hydrogens is 371 g/mol. The molecule has 0 aliphatic carbocycles. The molecule has 1 aromatic carbocycles. The van der Waals surface area contributed by atoms with Crippen LogP contribution in [0.2, 0.25) is 5.15 Å². The van der Waals surface area contributed by atoms with Crippen LogP contribution in [0.15, 0.2) is 28.7 Å². The van der Waals surface area contributed by atoms with Gasteiger partial charge in [-0.1, -0.05) is 18.5 Å². The quantitative estimate of drug-likeness (QED) is 0.742. The second-order valence-corrected chi connectivity index (χ2v) is 5.40. The highest BCUT2D eigenvalue weighted by atomic mass is 79.9. The van der Waals surface area contributed by atoms with Crippen LogP contribution in [0.25, 0.3) is 0 Å². The normalized spacial score (nSPS) is 11.5. The first kappa shape index (κ1) is 16.0. The molecule has 1 heterocycles. The van der Waals surface area contributed by atoms with Crippen LogP contribution in [0.3, 0.4) is 0 Å². The van der Waals surface area contributed by atoms with E-state index in [4.69, 9.17) is 11.6 Å². The summed E-state index contributed by atoms with van der Waals surface area (Å²) in [4.78, 5) is 8.17. The first-order valence-corrected chi connectivity index (χ1v) is 7.14. The van der Waals surface area contributed by atoms with Crippen molar-refractivity contribution in [2.45, 2.75) is 19.5 Å². The second kappa shape index (κ2) is 6.19. The Balaban J connectivity index is 2.37. The number of halogens is 5. The van der Waals surface area contributed by atoms with E-state index in [1.54, 1.807) is 0 Å². The third-order valence-electron chi connectivity index (χ3n) is 2.61. The minimum absolute atomic E-state index is 0.229. The maximum absolute atomic E-state index is 12.7. The lowest BCUT2D eigenvalue weighted by Gasteiger charge is -2.12. The average Bonchev–Trinajstić information content (AvgIpc) is 2.39. The highest BCUT2D eigenvalue weighted by Gasteiger charge is 2.30. The van der Waals surface area contributed by atoms with Gasteiger partial charge < -0.3 is 5.32 Å². The number of nitrogens with zero attached hydrogens (tertiary/aromatic N) is 2. The van der Waals surface area contributed by atoms with Crippen LogP contribution in [-0.2, 0) is 12.6 Å². The van der Waals surface area contributed by atoms with Gasteiger partial charge in [-0.2, -0.15) is 13.2 Å². The molecule has 21 heavy (non-hydrogen) atoms. The maximum Gasteiger partial charge on any atom is 0.416 e. The van der Waals surface area contributed by atoms with Crippen molar-refractivity contribution in [3.63, 3.8) is 0 Å². The van der Waals surface area contributed by atoms with Gasteiger partial charge in [0.2, 0.25) is 0 Å². The van der Waals surface area contributed by atoms with Crippen molar-refractivity contribution >= 4 is 39.0 Å². The minimum Gasteiger partial charge on any atom is -0.339 e. The molecule has 0 aliphatic rings. The van der Waals surface area contributed by atoms with E-state index in [1.807, 2.05) is 6.92 Å². The SMILES string of the molecule is CCc1nc(Cl)cc(Nc2cc(C(F)(F)F)ccc2Br)n1. The molecule has 0 aliphatic heterocycles. The van der Waals surface area contributed by atoms with Gasteiger partial charge in [-0.25, -0.2) is 9.97 Å². The van der Waals surface area contributed by atoms with Crippen LogP contribution in [0, 0.1) is 0 Å². The van der Waals surface area contributed by atoms with Crippen molar-refractivity contribution in [3.8, 4) is 0 Å². The number of nitrogens with one attached hydrogen (secondary N) is 1. The average molecular weight is 381 g/mol. The smallest absolute Gasteiger partial charge is 0.339 e. The summed E-state index contributed by atoms with van der Waals surface area (Å²) in [7, 11) is 0. The number of hydrogen-bond acceptors (Lipinski definition) is 3. The molecule has 0 bridgehead atoms. The fraction of sp³-hybridized carbons (Fsp3) is 0.231. The third kappa shape index (κ3) is 4.07. The van der Waals surface area contributed by atoms with Gasteiger partial charge in [-0.15, -0.1) is 0 Å². The van der Waals surface area contributed by atoms with Crippen molar-refractivity contribution in [1.29, 1.82) is 0 Å². The van der Waals surface area contributed by atoms with Gasteiger partial charge >= 0.3 is 6.18 Å². The lowest BCUT2D eigenvalue weighted by molar-refractivity contribution is -0.137. The molecule has 0 fully saturated rings. The summed E-state index contributed by atoms with van der Waals surface area (Å²) in [5.74, 6) is 0.847. The van der Waals surface area contributed by atoms with Gasteiger partial charge in [0.05, 0.1) is 11.3 Å². The van der Waals surface area contributed by atoms with Gasteiger partial charge in [0.25, 0.3) is 0 Å². The molecule has 1 aromatic heterocycles. The standard InChI is InChI=1S/C13H10BrClF3N3/c1-2-11-20-10(15)6-12(21-11)19-9-5-7(13(16,17)18)3-4-8(9)14/h3-6H,2H2,1H3,(H,19,20,21). The van der Waals surface area contributed by atoms with E-state index in [2.05, 4.69) is 31.2 Å². The second-order valence-electron chi connectivity index (χ2n) is 4.16. The summed E-state index contributed by atoms with van der Waals surface area (Å²) in [6, 6.07) is 4.79. The predicted molar refractivity (Wildman–Crippen MR) is 78.8 cm³/mol. The largest absolute Gasteiger partial charge is 0.416 e. The van der Waals surface area contributed by atoms with Gasteiger partial charge in [0.15, 0.2) is 0 Å². The predicted octanol–water partition coefficient (Wildman–Crippen LogP) is 5.22. The Hall–Kier alpha value is -1.34. The first-order valence-electron chi connectivity index (χ1n) is 5.97. The molecule has 1 N–H and O–H groups in total. The van der Waals surface area contributed by atoms with Crippen molar-refractivity contribution in [1.82, 2.24) is 9.97 Å². The number of aryl methyl sites for hydroxylation is 1. The Morgan fingerprint density at radius 3 is 2.57 bits per heavy atom. The molecular formula is C13H10BrClF3N3. The topological polar surface area (TPSA) is 37.8 Å². The number of alkyl halides is 3. The number of hydrogen-bond donors (Lipinski definition) is 1. The first-order chi connectivity index (χ1) is 9.79. The summed E-state index contributed by atoms with van der Waals surface area (Å²) in [5, 5.41) is 3.05. The van der Waals surface area contributed by atoms with Crippen LogP contribution in [0.1, 0.15) is 18.3 Å². The molecule has 8 heteroatoms. The van der Waals surface area contributed by atoms with E-state index in [0.29, 0.717) is 22.5 Å². The summed E-state index contributed by atoms with van der Waals surface area (Å²) in [5.41, 5.74) is -0.495. The van der Waals surface area contributed by atoms with E-state index < -0.39 is 11.7 Å². The Labute approximate surface area is 132 Å². The fourth-order valence-electron chi connectivity index (χ4n) is 1.62. The van der Waals surface area contributed by atoms with Gasteiger partial charge in [-0.05, 0) is 34.1 Å². The lowest BCUT2D eigenvalue weighted by atomic mass is 10.2. The van der Waals surface area contributed by atoms with Gasteiger partial charge in [0, 0.05) is 17.0 Å². The lowest BCUT2D eigenvalue weighted by Crippen LogP contribution is -2.06. The summed E-state index contributed by atoms with van der Waals surface area (Å²) in [6.07, 6.45) is -3.84. The number of aromatic nitrogens is 2. The maximum atomic E-state index is 12.7.